The first kappa shape index (κ1) is 18.3. The van der Waals surface area contributed by atoms with Crippen LogP contribution in [0.3, 0.4) is 0 Å². The van der Waals surface area contributed by atoms with E-state index >= 15 is 0 Å². The molecule has 1 saturated heterocycles. The lowest BCUT2D eigenvalue weighted by molar-refractivity contribution is 0.174. The molecule has 1 aliphatic heterocycles. The number of nitrogens with zero attached hydrogens (tertiary/aromatic N) is 6. The Hall–Kier alpha value is -1.51. The molecule has 0 amide bonds. The van der Waals surface area contributed by atoms with Gasteiger partial charge in [-0.3, -0.25) is 5.43 Å². The second kappa shape index (κ2) is 9.26. The van der Waals surface area contributed by atoms with Crippen LogP contribution in [0.25, 0.3) is 11.0 Å². The van der Waals surface area contributed by atoms with Crippen LogP contribution in [0, 0.1) is 0 Å². The van der Waals surface area contributed by atoms with Crippen LogP contribution in [0.5, 0.6) is 0 Å². The van der Waals surface area contributed by atoms with Crippen LogP contribution < -0.4 is 10.3 Å². The number of fused-ring (bicyclic) bond motifs is 1. The molecule has 2 aromatic heterocycles. The van der Waals surface area contributed by atoms with Gasteiger partial charge in [0, 0.05) is 32.7 Å². The number of aromatic nitrogens is 4. The molecular weight excluding hydrogens is 334 g/mol. The van der Waals surface area contributed by atoms with E-state index in [0.717, 1.165) is 54.7 Å². The van der Waals surface area contributed by atoms with Crippen molar-refractivity contribution in [2.75, 3.05) is 43.9 Å². The van der Waals surface area contributed by atoms with E-state index < -0.39 is 0 Å². The number of thioether (sulfide) groups is 1. The third-order valence-corrected chi connectivity index (χ3v) is 5.14. The molecule has 7 nitrogen and oxygen atoms in total. The van der Waals surface area contributed by atoms with Crippen LogP contribution in [0.1, 0.15) is 32.6 Å². The first-order valence-corrected chi connectivity index (χ1v) is 10.3. The number of hydrogen-bond acceptors (Lipinski definition) is 8. The number of unbranched alkanes of at least 4 members (excludes halogenated alkanes) is 3. The summed E-state index contributed by atoms with van der Waals surface area (Å²) in [5.74, 6) is 0.778. The van der Waals surface area contributed by atoms with Crippen LogP contribution >= 0.6 is 11.8 Å². The maximum Gasteiger partial charge on any atom is 0.226 e. The maximum absolute atomic E-state index is 4.72. The van der Waals surface area contributed by atoms with E-state index in [4.69, 9.17) is 4.98 Å². The predicted octanol–water partition coefficient (Wildman–Crippen LogP) is 2.35. The SMILES string of the molecule is CCCCCCNN1CCN(c2ncc3ncnc(SC)c3n2)CC1. The number of hydrogen-bond donors (Lipinski definition) is 1. The van der Waals surface area contributed by atoms with Crippen molar-refractivity contribution in [1.29, 1.82) is 0 Å². The Morgan fingerprint density at radius 1 is 1.08 bits per heavy atom. The van der Waals surface area contributed by atoms with Crippen LogP contribution in [-0.2, 0) is 0 Å². The number of rotatable bonds is 8. The van der Waals surface area contributed by atoms with Crippen molar-refractivity contribution in [2.24, 2.45) is 0 Å². The molecule has 1 aliphatic rings. The first-order valence-electron chi connectivity index (χ1n) is 9.07. The van der Waals surface area contributed by atoms with Gasteiger partial charge in [0.15, 0.2) is 0 Å². The Kier molecular flexibility index (Phi) is 6.77. The van der Waals surface area contributed by atoms with E-state index in [1.165, 1.54) is 25.7 Å². The number of hydrazine groups is 1. The van der Waals surface area contributed by atoms with E-state index in [9.17, 15) is 0 Å². The summed E-state index contributed by atoms with van der Waals surface area (Å²) in [5.41, 5.74) is 5.19. The molecule has 0 saturated carbocycles. The van der Waals surface area contributed by atoms with Crippen LogP contribution in [0.2, 0.25) is 0 Å². The molecule has 25 heavy (non-hydrogen) atoms. The quantitative estimate of drug-likeness (QED) is 0.436. The van der Waals surface area contributed by atoms with Gasteiger partial charge in [-0.15, -0.1) is 11.8 Å². The van der Waals surface area contributed by atoms with E-state index in [-0.39, 0.29) is 0 Å². The number of piperazine rings is 1. The fraction of sp³-hybridized carbons (Fsp3) is 0.647. The van der Waals surface area contributed by atoms with Gasteiger partial charge in [-0.2, -0.15) is 0 Å². The fourth-order valence-corrected chi connectivity index (χ4v) is 3.47. The van der Waals surface area contributed by atoms with Gasteiger partial charge in [-0.1, -0.05) is 26.2 Å². The predicted molar refractivity (Wildman–Crippen MR) is 103 cm³/mol. The van der Waals surface area contributed by atoms with Gasteiger partial charge >= 0.3 is 0 Å². The molecule has 136 valence electrons. The van der Waals surface area contributed by atoms with Crippen molar-refractivity contribution in [3.8, 4) is 0 Å². The second-order valence-electron chi connectivity index (χ2n) is 6.23. The molecule has 3 heterocycles. The fourth-order valence-electron chi connectivity index (χ4n) is 2.98. The summed E-state index contributed by atoms with van der Waals surface area (Å²) in [4.78, 5) is 20.0. The van der Waals surface area contributed by atoms with Crippen molar-refractivity contribution in [3.63, 3.8) is 0 Å². The lowest BCUT2D eigenvalue weighted by atomic mass is 10.2. The minimum atomic E-state index is 0.778. The van der Waals surface area contributed by atoms with Gasteiger partial charge < -0.3 is 4.90 Å². The summed E-state index contributed by atoms with van der Waals surface area (Å²) in [7, 11) is 0. The van der Waals surface area contributed by atoms with Crippen molar-refractivity contribution in [1.82, 2.24) is 30.4 Å². The Morgan fingerprint density at radius 2 is 1.92 bits per heavy atom. The largest absolute Gasteiger partial charge is 0.338 e. The van der Waals surface area contributed by atoms with E-state index in [0.29, 0.717) is 0 Å². The lowest BCUT2D eigenvalue weighted by Crippen LogP contribution is -2.52. The standard InChI is InChI=1S/C17H27N7S/c1-3-4-5-6-7-21-24-10-8-23(9-11-24)17-18-12-14-15(22-17)16(25-2)20-13-19-14/h12-13,21H,3-11H2,1-2H3. The molecule has 8 heteroatoms. The molecule has 0 aromatic carbocycles. The molecule has 1 fully saturated rings. The summed E-state index contributed by atoms with van der Waals surface area (Å²) in [5, 5.41) is 3.22. The summed E-state index contributed by atoms with van der Waals surface area (Å²) in [6.07, 6.45) is 10.6. The molecule has 0 aliphatic carbocycles. The molecule has 0 radical (unpaired) electrons. The van der Waals surface area contributed by atoms with E-state index in [1.807, 2.05) is 6.26 Å². The lowest BCUT2D eigenvalue weighted by Gasteiger charge is -2.35. The molecule has 3 rings (SSSR count). The third-order valence-electron chi connectivity index (χ3n) is 4.45. The highest BCUT2D eigenvalue weighted by Gasteiger charge is 2.19. The van der Waals surface area contributed by atoms with Gasteiger partial charge in [0.25, 0.3) is 0 Å². The van der Waals surface area contributed by atoms with Crippen LogP contribution in [0.4, 0.5) is 5.95 Å². The van der Waals surface area contributed by atoms with Crippen molar-refractivity contribution in [2.45, 2.75) is 37.6 Å². The molecule has 1 N–H and O–H groups in total. The minimum Gasteiger partial charge on any atom is -0.338 e. The van der Waals surface area contributed by atoms with Crippen molar-refractivity contribution >= 4 is 28.7 Å². The Labute approximate surface area is 153 Å². The van der Waals surface area contributed by atoms with E-state index in [2.05, 4.69) is 37.2 Å². The normalized spacial score (nSPS) is 15.8. The molecule has 0 bridgehead atoms. The summed E-state index contributed by atoms with van der Waals surface area (Å²) < 4.78 is 0. The maximum atomic E-state index is 4.72. The highest BCUT2D eigenvalue weighted by Crippen LogP contribution is 2.22. The Balaban J connectivity index is 1.55. The molecule has 0 unspecified atom stereocenters. The topological polar surface area (TPSA) is 70.1 Å². The second-order valence-corrected chi connectivity index (χ2v) is 7.02. The van der Waals surface area contributed by atoms with E-state index in [1.54, 1.807) is 24.3 Å². The molecular formula is C17H27N7S. The molecule has 2 aromatic rings. The number of nitrogens with one attached hydrogen (secondary N) is 1. The number of anilines is 1. The summed E-state index contributed by atoms with van der Waals surface area (Å²) in [6.45, 7) is 7.13. The van der Waals surface area contributed by atoms with Crippen LogP contribution in [-0.4, -0.2) is 63.9 Å². The highest BCUT2D eigenvalue weighted by molar-refractivity contribution is 7.98. The Morgan fingerprint density at radius 3 is 2.68 bits per heavy atom. The average molecular weight is 362 g/mol. The first-order chi connectivity index (χ1) is 12.3. The Bertz CT molecular complexity index is 673. The van der Waals surface area contributed by atoms with Gasteiger partial charge in [0.2, 0.25) is 5.95 Å². The zero-order chi connectivity index (χ0) is 17.5. The summed E-state index contributed by atoms with van der Waals surface area (Å²) in [6, 6.07) is 0. The monoisotopic (exact) mass is 361 g/mol. The van der Waals surface area contributed by atoms with Crippen molar-refractivity contribution in [3.05, 3.63) is 12.5 Å². The zero-order valence-electron chi connectivity index (χ0n) is 15.1. The van der Waals surface area contributed by atoms with Gasteiger partial charge in [0.05, 0.1) is 6.20 Å². The molecule has 0 spiro atoms. The van der Waals surface area contributed by atoms with Gasteiger partial charge in [-0.25, -0.2) is 24.9 Å². The smallest absolute Gasteiger partial charge is 0.226 e. The van der Waals surface area contributed by atoms with Crippen molar-refractivity contribution < 1.29 is 0 Å². The zero-order valence-corrected chi connectivity index (χ0v) is 15.9. The highest BCUT2D eigenvalue weighted by atomic mass is 32.2. The third kappa shape index (κ3) is 4.77. The van der Waals surface area contributed by atoms with Gasteiger partial charge in [-0.05, 0) is 12.7 Å². The molecule has 0 atom stereocenters. The van der Waals surface area contributed by atoms with Crippen LogP contribution in [0.15, 0.2) is 17.6 Å². The minimum absolute atomic E-state index is 0.778. The van der Waals surface area contributed by atoms with Gasteiger partial charge in [0.1, 0.15) is 22.4 Å². The summed E-state index contributed by atoms with van der Waals surface area (Å²) >= 11 is 1.59. The average Bonchev–Trinajstić information content (AvgIpc) is 2.67.